The van der Waals surface area contributed by atoms with Crippen molar-refractivity contribution in [1.29, 1.82) is 0 Å². The van der Waals surface area contributed by atoms with Crippen LogP contribution in [0.25, 0.3) is 0 Å². The minimum atomic E-state index is -1.81. The SMILES string of the molecule is C[Si](C)(C)c1cccc2c1C1OC2([Si](C)(C)C)c2cc(CO)cc([Si](C)(C)C)c21. The molecule has 29 heavy (non-hydrogen) atoms. The van der Waals surface area contributed by atoms with Gasteiger partial charge in [0.2, 0.25) is 0 Å². The number of aliphatic hydroxyl groups is 1. The quantitative estimate of drug-likeness (QED) is 0.691. The van der Waals surface area contributed by atoms with E-state index >= 15 is 0 Å². The molecule has 2 unspecified atom stereocenters. The summed E-state index contributed by atoms with van der Waals surface area (Å²) in [5, 5.41) is 12.8. The highest BCUT2D eigenvalue weighted by Crippen LogP contribution is 2.61. The van der Waals surface area contributed by atoms with Gasteiger partial charge in [-0.05, 0) is 27.8 Å². The Morgan fingerprint density at radius 3 is 1.93 bits per heavy atom. The first-order chi connectivity index (χ1) is 13.2. The van der Waals surface area contributed by atoms with E-state index < -0.39 is 24.2 Å². The van der Waals surface area contributed by atoms with Gasteiger partial charge in [-0.1, -0.05) is 99.6 Å². The molecule has 2 aliphatic rings. The maximum absolute atomic E-state index is 10.1. The van der Waals surface area contributed by atoms with Gasteiger partial charge in [0.1, 0.15) is 11.3 Å². The lowest BCUT2D eigenvalue weighted by Crippen LogP contribution is -2.51. The lowest BCUT2D eigenvalue weighted by molar-refractivity contribution is 0.0469. The van der Waals surface area contributed by atoms with Crippen LogP contribution in [0.4, 0.5) is 0 Å². The molecule has 2 atom stereocenters. The Bertz CT molecular complexity index is 993. The second kappa shape index (κ2) is 6.26. The zero-order valence-electron chi connectivity index (χ0n) is 19.5. The van der Waals surface area contributed by atoms with Gasteiger partial charge in [-0.15, -0.1) is 0 Å². The van der Waals surface area contributed by atoms with Crippen molar-refractivity contribution in [3.8, 4) is 0 Å². The molecule has 0 aliphatic carbocycles. The van der Waals surface area contributed by atoms with Crippen LogP contribution in [0.5, 0.6) is 0 Å². The molecular weight excluding hydrogens is 405 g/mol. The number of fused-ring (bicyclic) bond motifs is 8. The maximum Gasteiger partial charge on any atom is 0.109 e. The molecule has 0 aromatic heterocycles. The predicted molar refractivity (Wildman–Crippen MR) is 132 cm³/mol. The Labute approximate surface area is 179 Å². The summed E-state index contributed by atoms with van der Waals surface area (Å²) in [6.07, 6.45) is 0.0594. The van der Waals surface area contributed by atoms with Gasteiger partial charge in [0, 0.05) is 0 Å². The van der Waals surface area contributed by atoms with Crippen LogP contribution in [-0.2, 0) is 16.6 Å². The van der Waals surface area contributed by atoms with Crippen LogP contribution in [0.3, 0.4) is 0 Å². The molecular formula is C24H36O2Si3. The monoisotopic (exact) mass is 440 g/mol. The lowest BCUT2D eigenvalue weighted by atomic mass is 9.84. The summed E-state index contributed by atoms with van der Waals surface area (Å²) in [6.45, 7) is 22.0. The van der Waals surface area contributed by atoms with E-state index in [-0.39, 0.29) is 17.9 Å². The van der Waals surface area contributed by atoms with Gasteiger partial charge in [0.15, 0.2) is 0 Å². The van der Waals surface area contributed by atoms with Crippen molar-refractivity contribution in [2.45, 2.75) is 76.9 Å². The van der Waals surface area contributed by atoms with Gasteiger partial charge in [-0.25, -0.2) is 0 Å². The lowest BCUT2D eigenvalue weighted by Gasteiger charge is -2.41. The molecule has 2 bridgehead atoms. The summed E-state index contributed by atoms with van der Waals surface area (Å²) in [5.74, 6) is 0. The van der Waals surface area contributed by atoms with Gasteiger partial charge in [0.25, 0.3) is 0 Å². The number of ether oxygens (including phenoxy) is 1. The molecule has 5 heteroatoms. The van der Waals surface area contributed by atoms with E-state index in [9.17, 15) is 5.11 Å². The van der Waals surface area contributed by atoms with Crippen LogP contribution in [-0.4, -0.2) is 29.3 Å². The van der Waals surface area contributed by atoms with Gasteiger partial charge in [-0.3, -0.25) is 0 Å². The largest absolute Gasteiger partial charge is 0.392 e. The van der Waals surface area contributed by atoms with Crippen molar-refractivity contribution in [2.75, 3.05) is 0 Å². The minimum absolute atomic E-state index is 0.0594. The molecule has 4 rings (SSSR count). The molecule has 156 valence electrons. The van der Waals surface area contributed by atoms with Gasteiger partial charge in [0.05, 0.1) is 30.8 Å². The van der Waals surface area contributed by atoms with Crippen molar-refractivity contribution in [3.63, 3.8) is 0 Å². The molecule has 1 N–H and O–H groups in total. The standard InChI is InChI=1S/C24H36O2Si3/c1-27(2,3)19-12-10-11-17-21(19)23-22-18(24(17,26-23)29(7,8)9)13-16(15-25)14-20(22)28(4,5)6/h10-14,23,25H,15H2,1-9H3. The number of hydrogen-bond acceptors (Lipinski definition) is 2. The van der Waals surface area contributed by atoms with Crippen molar-refractivity contribution in [3.05, 3.63) is 58.1 Å². The molecule has 0 spiro atoms. The third-order valence-corrected chi connectivity index (χ3v) is 13.6. The average molecular weight is 441 g/mol. The first-order valence-corrected chi connectivity index (χ1v) is 21.3. The fraction of sp³-hybridized carbons (Fsp3) is 0.500. The Morgan fingerprint density at radius 2 is 1.41 bits per heavy atom. The van der Waals surface area contributed by atoms with E-state index in [1.807, 2.05) is 0 Å². The second-order valence-corrected chi connectivity index (χ2v) is 27.2. The van der Waals surface area contributed by atoms with Crippen molar-refractivity contribution >= 4 is 34.6 Å². The zero-order valence-corrected chi connectivity index (χ0v) is 22.5. The fourth-order valence-corrected chi connectivity index (χ4v) is 11.4. The Morgan fingerprint density at radius 1 is 0.828 bits per heavy atom. The summed E-state index contributed by atoms with van der Waals surface area (Å²) in [4.78, 5) is 0. The zero-order chi connectivity index (χ0) is 21.6. The molecule has 0 saturated carbocycles. The van der Waals surface area contributed by atoms with Crippen LogP contribution in [0.2, 0.25) is 58.9 Å². The van der Waals surface area contributed by atoms with Crippen LogP contribution in [0, 0.1) is 0 Å². The Hall–Kier alpha value is -0.989. The highest BCUT2D eigenvalue weighted by atomic mass is 28.3. The number of rotatable bonds is 4. The summed E-state index contributed by atoms with van der Waals surface area (Å²) in [6, 6.07) is 11.5. The van der Waals surface area contributed by atoms with E-state index in [0.29, 0.717) is 0 Å². The Balaban J connectivity index is 2.15. The molecule has 2 nitrogen and oxygen atoms in total. The molecule has 0 amide bonds. The second-order valence-electron chi connectivity index (χ2n) is 12.0. The predicted octanol–water partition coefficient (Wildman–Crippen LogP) is 4.82. The molecule has 2 aromatic carbocycles. The van der Waals surface area contributed by atoms with E-state index in [1.165, 1.54) is 27.4 Å². The van der Waals surface area contributed by atoms with Gasteiger partial charge < -0.3 is 9.84 Å². The fourth-order valence-electron chi connectivity index (χ4n) is 5.50. The van der Waals surface area contributed by atoms with Crippen LogP contribution >= 0.6 is 0 Å². The third kappa shape index (κ3) is 2.85. The van der Waals surface area contributed by atoms with Gasteiger partial charge >= 0.3 is 0 Å². The van der Waals surface area contributed by atoms with E-state index in [0.717, 1.165) is 5.56 Å². The first-order valence-electron chi connectivity index (χ1n) is 10.8. The number of hydrogen-bond donors (Lipinski definition) is 1. The molecule has 2 aliphatic heterocycles. The number of aliphatic hydroxyl groups excluding tert-OH is 1. The van der Waals surface area contributed by atoms with E-state index in [1.54, 1.807) is 5.19 Å². The molecule has 2 heterocycles. The Kier molecular flexibility index (Phi) is 4.59. The van der Waals surface area contributed by atoms with Gasteiger partial charge in [-0.2, -0.15) is 0 Å². The maximum atomic E-state index is 10.1. The molecule has 0 radical (unpaired) electrons. The third-order valence-electron chi connectivity index (χ3n) is 6.78. The normalized spacial score (nSPS) is 23.3. The highest BCUT2D eigenvalue weighted by molar-refractivity contribution is 6.90. The van der Waals surface area contributed by atoms with Crippen molar-refractivity contribution in [2.24, 2.45) is 0 Å². The van der Waals surface area contributed by atoms with Crippen molar-refractivity contribution in [1.82, 2.24) is 0 Å². The smallest absolute Gasteiger partial charge is 0.109 e. The highest BCUT2D eigenvalue weighted by Gasteiger charge is 2.62. The minimum Gasteiger partial charge on any atom is -0.392 e. The van der Waals surface area contributed by atoms with Crippen LogP contribution < -0.4 is 10.4 Å². The van der Waals surface area contributed by atoms with E-state index in [2.05, 4.69) is 89.3 Å². The summed E-state index contributed by atoms with van der Waals surface area (Å²) in [5.41, 5.74) is 6.76. The molecule has 2 aromatic rings. The number of benzene rings is 2. The van der Waals surface area contributed by atoms with Crippen LogP contribution in [0.1, 0.15) is 33.9 Å². The average Bonchev–Trinajstić information content (AvgIpc) is 3.12. The van der Waals surface area contributed by atoms with Crippen molar-refractivity contribution < 1.29 is 9.84 Å². The van der Waals surface area contributed by atoms with Crippen LogP contribution in [0.15, 0.2) is 30.3 Å². The van der Waals surface area contributed by atoms with E-state index in [4.69, 9.17) is 4.74 Å². The molecule has 0 fully saturated rings. The first kappa shape index (κ1) is 21.3. The topological polar surface area (TPSA) is 29.5 Å². The summed E-state index contributed by atoms with van der Waals surface area (Å²) >= 11 is 0. The summed E-state index contributed by atoms with van der Waals surface area (Å²) < 4.78 is 7.16. The summed E-state index contributed by atoms with van der Waals surface area (Å²) in [7, 11) is -4.94. The molecule has 0 saturated heterocycles.